The van der Waals surface area contributed by atoms with Gasteiger partial charge in [-0.05, 0) is 17.7 Å². The molecule has 1 aromatic carbocycles. The second kappa shape index (κ2) is 6.33. The van der Waals surface area contributed by atoms with E-state index in [0.29, 0.717) is 17.3 Å². The average Bonchev–Trinajstić information content (AvgIpc) is 2.78. The van der Waals surface area contributed by atoms with Gasteiger partial charge in [-0.2, -0.15) is 5.10 Å². The van der Waals surface area contributed by atoms with Crippen LogP contribution in [0.1, 0.15) is 16.4 Å². The summed E-state index contributed by atoms with van der Waals surface area (Å²) in [4.78, 5) is 22.7. The Kier molecular flexibility index (Phi) is 4.24. The monoisotopic (exact) mass is 332 g/mol. The van der Waals surface area contributed by atoms with E-state index in [1.807, 2.05) is 18.2 Å². The van der Waals surface area contributed by atoms with Gasteiger partial charge in [0.05, 0.1) is 17.2 Å². The normalized spacial score (nSPS) is 17.1. The SMILES string of the molecule is Cn1ncc2c1NC(=O)CSC2c1cccc(OCC(N)=O)c1. The fourth-order valence-electron chi connectivity index (χ4n) is 2.41. The third kappa shape index (κ3) is 3.31. The molecule has 120 valence electrons. The first-order valence-electron chi connectivity index (χ1n) is 6.99. The molecule has 1 aromatic heterocycles. The molecular weight excluding hydrogens is 316 g/mol. The number of carbonyl (C=O) groups is 2. The number of thioether (sulfide) groups is 1. The first-order valence-corrected chi connectivity index (χ1v) is 8.04. The van der Waals surface area contributed by atoms with Crippen LogP contribution in [-0.4, -0.2) is 34.0 Å². The lowest BCUT2D eigenvalue weighted by Crippen LogP contribution is -2.20. The molecule has 0 saturated heterocycles. The van der Waals surface area contributed by atoms with Crippen molar-refractivity contribution in [1.82, 2.24) is 9.78 Å². The molecule has 0 bridgehead atoms. The third-order valence-electron chi connectivity index (χ3n) is 3.43. The Hall–Kier alpha value is -2.48. The topological polar surface area (TPSA) is 99.2 Å². The lowest BCUT2D eigenvalue weighted by molar-refractivity contribution is -0.120. The van der Waals surface area contributed by atoms with E-state index in [4.69, 9.17) is 10.5 Å². The number of rotatable bonds is 4. The number of fused-ring (bicyclic) bond motifs is 1. The fraction of sp³-hybridized carbons (Fsp3) is 0.267. The number of ether oxygens (including phenoxy) is 1. The first kappa shape index (κ1) is 15.4. The number of aromatic nitrogens is 2. The second-order valence-corrected chi connectivity index (χ2v) is 6.23. The largest absolute Gasteiger partial charge is 0.484 e. The highest BCUT2D eigenvalue weighted by Crippen LogP contribution is 2.41. The highest BCUT2D eigenvalue weighted by molar-refractivity contribution is 8.00. The van der Waals surface area contributed by atoms with E-state index in [1.165, 1.54) is 11.8 Å². The molecule has 2 aromatic rings. The van der Waals surface area contributed by atoms with E-state index in [-0.39, 0.29) is 17.8 Å². The molecule has 2 heterocycles. The van der Waals surface area contributed by atoms with Crippen LogP contribution in [0, 0.1) is 0 Å². The number of amides is 2. The van der Waals surface area contributed by atoms with Gasteiger partial charge in [0.25, 0.3) is 5.91 Å². The number of nitrogens with zero attached hydrogens (tertiary/aromatic N) is 2. The van der Waals surface area contributed by atoms with E-state index < -0.39 is 5.91 Å². The zero-order valence-corrected chi connectivity index (χ0v) is 13.3. The third-order valence-corrected chi connectivity index (χ3v) is 4.72. The van der Waals surface area contributed by atoms with Gasteiger partial charge >= 0.3 is 0 Å². The molecule has 1 aliphatic heterocycles. The van der Waals surface area contributed by atoms with Crippen LogP contribution in [0.15, 0.2) is 30.5 Å². The van der Waals surface area contributed by atoms with Crippen molar-refractivity contribution < 1.29 is 14.3 Å². The van der Waals surface area contributed by atoms with Gasteiger partial charge in [-0.1, -0.05) is 12.1 Å². The molecule has 2 amide bonds. The summed E-state index contributed by atoms with van der Waals surface area (Å²) in [5.74, 6) is 1.04. The second-order valence-electron chi connectivity index (χ2n) is 5.14. The molecular formula is C15H16N4O3S. The van der Waals surface area contributed by atoms with Gasteiger partial charge in [0, 0.05) is 12.6 Å². The number of anilines is 1. The van der Waals surface area contributed by atoms with Gasteiger partial charge in [-0.15, -0.1) is 11.8 Å². The van der Waals surface area contributed by atoms with Crippen LogP contribution in [0.4, 0.5) is 5.82 Å². The minimum absolute atomic E-state index is 0.0465. The van der Waals surface area contributed by atoms with Gasteiger partial charge in [-0.3, -0.25) is 14.3 Å². The van der Waals surface area contributed by atoms with Gasteiger partial charge in [0.1, 0.15) is 11.6 Å². The molecule has 3 rings (SSSR count). The molecule has 7 nitrogen and oxygen atoms in total. The fourth-order valence-corrected chi connectivity index (χ4v) is 3.50. The highest BCUT2D eigenvalue weighted by Gasteiger charge is 2.27. The van der Waals surface area contributed by atoms with Crippen LogP contribution in [-0.2, 0) is 16.6 Å². The summed E-state index contributed by atoms with van der Waals surface area (Å²) in [7, 11) is 1.79. The molecule has 0 aliphatic carbocycles. The van der Waals surface area contributed by atoms with Gasteiger partial charge in [-0.25, -0.2) is 0 Å². The number of hydrogen-bond donors (Lipinski definition) is 2. The Labute approximate surface area is 137 Å². The van der Waals surface area contributed by atoms with Crippen molar-refractivity contribution in [2.45, 2.75) is 5.25 Å². The zero-order valence-electron chi connectivity index (χ0n) is 12.5. The summed E-state index contributed by atoms with van der Waals surface area (Å²) in [6, 6.07) is 7.43. The minimum Gasteiger partial charge on any atom is -0.484 e. The molecule has 3 N–H and O–H groups in total. The van der Waals surface area contributed by atoms with Crippen molar-refractivity contribution in [3.63, 3.8) is 0 Å². The molecule has 0 saturated carbocycles. The van der Waals surface area contributed by atoms with Gasteiger partial charge in [0.15, 0.2) is 6.61 Å². The summed E-state index contributed by atoms with van der Waals surface area (Å²) in [5, 5.41) is 7.06. The molecule has 23 heavy (non-hydrogen) atoms. The van der Waals surface area contributed by atoms with Crippen LogP contribution in [0.5, 0.6) is 5.75 Å². The summed E-state index contributed by atoms with van der Waals surface area (Å²) in [6.45, 7) is -0.167. The molecule has 8 heteroatoms. The van der Waals surface area contributed by atoms with Crippen LogP contribution >= 0.6 is 11.8 Å². The maximum absolute atomic E-state index is 11.9. The summed E-state index contributed by atoms with van der Waals surface area (Å²) in [6.07, 6.45) is 1.76. The predicted molar refractivity (Wildman–Crippen MR) is 87.3 cm³/mol. The van der Waals surface area contributed by atoms with E-state index in [0.717, 1.165) is 11.1 Å². The number of primary amides is 1. The number of nitrogens with one attached hydrogen (secondary N) is 1. The quantitative estimate of drug-likeness (QED) is 0.872. The molecule has 1 aliphatic rings. The number of hydrogen-bond acceptors (Lipinski definition) is 5. The van der Waals surface area contributed by atoms with Crippen LogP contribution in [0.3, 0.4) is 0 Å². The molecule has 0 radical (unpaired) electrons. The zero-order chi connectivity index (χ0) is 16.4. The van der Waals surface area contributed by atoms with Crippen molar-refractivity contribution in [3.05, 3.63) is 41.6 Å². The lowest BCUT2D eigenvalue weighted by atomic mass is 10.1. The molecule has 1 atom stereocenters. The van der Waals surface area contributed by atoms with Gasteiger partial charge < -0.3 is 15.8 Å². The van der Waals surface area contributed by atoms with Crippen LogP contribution in [0.25, 0.3) is 0 Å². The van der Waals surface area contributed by atoms with E-state index in [9.17, 15) is 9.59 Å². The van der Waals surface area contributed by atoms with Crippen molar-refractivity contribution >= 4 is 29.4 Å². The number of nitrogens with two attached hydrogens (primary N) is 1. The predicted octanol–water partition coefficient (Wildman–Crippen LogP) is 1.06. The van der Waals surface area contributed by atoms with E-state index in [1.54, 1.807) is 24.0 Å². The standard InChI is InChI=1S/C15H16N4O3S/c1-19-15-11(6-17-19)14(23-8-13(21)18-15)9-3-2-4-10(5-9)22-7-12(16)20/h2-6,14H,7-8H2,1H3,(H2,16,20)(H,18,21). The minimum atomic E-state index is -0.524. The Morgan fingerprint density at radius 2 is 2.39 bits per heavy atom. The van der Waals surface area contributed by atoms with E-state index in [2.05, 4.69) is 10.4 Å². The molecule has 0 fully saturated rings. The Bertz CT molecular complexity index is 759. The number of carbonyl (C=O) groups excluding carboxylic acids is 2. The summed E-state index contributed by atoms with van der Waals surface area (Å²) in [5.41, 5.74) is 7.01. The number of aryl methyl sites for hydroxylation is 1. The molecule has 1 unspecified atom stereocenters. The first-order chi connectivity index (χ1) is 11.0. The van der Waals surface area contributed by atoms with Crippen LogP contribution < -0.4 is 15.8 Å². The Morgan fingerprint density at radius 3 is 3.17 bits per heavy atom. The maximum Gasteiger partial charge on any atom is 0.255 e. The van der Waals surface area contributed by atoms with Crippen LogP contribution in [0.2, 0.25) is 0 Å². The van der Waals surface area contributed by atoms with Crippen molar-refractivity contribution in [1.29, 1.82) is 0 Å². The average molecular weight is 332 g/mol. The maximum atomic E-state index is 11.9. The Balaban J connectivity index is 1.93. The number of benzene rings is 1. The van der Waals surface area contributed by atoms with Gasteiger partial charge in [0.2, 0.25) is 5.91 Å². The van der Waals surface area contributed by atoms with Crippen molar-refractivity contribution in [2.75, 3.05) is 17.7 Å². The summed E-state index contributed by atoms with van der Waals surface area (Å²) >= 11 is 1.52. The Morgan fingerprint density at radius 1 is 1.57 bits per heavy atom. The highest BCUT2D eigenvalue weighted by atomic mass is 32.2. The van der Waals surface area contributed by atoms with Crippen molar-refractivity contribution in [3.8, 4) is 5.75 Å². The molecule has 0 spiro atoms. The summed E-state index contributed by atoms with van der Waals surface area (Å²) < 4.78 is 7.01. The smallest absolute Gasteiger partial charge is 0.255 e. The van der Waals surface area contributed by atoms with Crippen molar-refractivity contribution in [2.24, 2.45) is 12.8 Å². The van der Waals surface area contributed by atoms with E-state index >= 15 is 0 Å². The lowest BCUT2D eigenvalue weighted by Gasteiger charge is -2.15.